The van der Waals surface area contributed by atoms with Crippen LogP contribution in [0.5, 0.6) is 0 Å². The van der Waals surface area contributed by atoms with E-state index < -0.39 is 38.5 Å². The van der Waals surface area contributed by atoms with Crippen LogP contribution in [-0.2, 0) is 70.1 Å². The van der Waals surface area contributed by atoms with Gasteiger partial charge < -0.3 is 0 Å². The van der Waals surface area contributed by atoms with Gasteiger partial charge in [-0.1, -0.05) is 0 Å². The van der Waals surface area contributed by atoms with E-state index >= 15 is 0 Å². The Kier molecular flexibility index (Phi) is 15.5. The minimum atomic E-state index is -4.34. The number of hydrogen-bond acceptors (Lipinski definition) is 8. The van der Waals surface area contributed by atoms with Crippen LogP contribution in [0.25, 0.3) is 0 Å². The quantitative estimate of drug-likeness (QED) is 0.0556. The molecular formula is C47H47O8PSe. The normalized spacial score (nSPS) is 19.6. The molecule has 5 atom stereocenters. The van der Waals surface area contributed by atoms with Gasteiger partial charge in [0.1, 0.15) is 0 Å². The standard InChI is InChI=1S/C47H47O8PSe/c48-56(52-34-40-25-13-4-14-26-40,53-35-41-27-15-5-16-28-41)55-47-46(51-33-39-23-11-3-12-24-39)45(50-32-38-21-9-2-10-22-38)44(49-31-37-19-7-1-8-20-37)43(54-47)36-57-42-29-17-6-18-30-42/h1-30,43-47H,31-36H2/t43-,44+,45+,46-,47-/m1/s1. The SMILES string of the molecule is O=P(OCc1ccccc1)(OCc1ccccc1)O[C@H]1O[C@H](C[Se]c2ccccc2)[C@H](OCc2ccccc2)[C@H](OCc2ccccc2)[C@H]1OCc1ccccc1. The molecule has 8 nitrogen and oxygen atoms in total. The Morgan fingerprint density at radius 2 is 0.789 bits per heavy atom. The summed E-state index contributed by atoms with van der Waals surface area (Å²) in [6, 6.07) is 59.2. The van der Waals surface area contributed by atoms with Crippen LogP contribution in [0, 0.1) is 0 Å². The fourth-order valence-corrected chi connectivity index (χ4v) is 9.62. The van der Waals surface area contributed by atoms with Gasteiger partial charge in [-0.15, -0.1) is 0 Å². The molecule has 0 radical (unpaired) electrons. The van der Waals surface area contributed by atoms with Crippen LogP contribution in [0.2, 0.25) is 5.32 Å². The molecule has 0 N–H and O–H groups in total. The van der Waals surface area contributed by atoms with E-state index in [2.05, 4.69) is 12.1 Å². The third-order valence-corrected chi connectivity index (χ3v) is 13.0. The van der Waals surface area contributed by atoms with Gasteiger partial charge in [0.2, 0.25) is 0 Å². The number of hydrogen-bond donors (Lipinski definition) is 0. The van der Waals surface area contributed by atoms with Crippen LogP contribution in [0.15, 0.2) is 182 Å². The Bertz CT molecular complexity index is 2020. The van der Waals surface area contributed by atoms with E-state index in [0.29, 0.717) is 11.9 Å². The second-order valence-corrected chi connectivity index (χ2v) is 17.4. The predicted molar refractivity (Wildman–Crippen MR) is 222 cm³/mol. The molecule has 6 aromatic carbocycles. The van der Waals surface area contributed by atoms with E-state index in [4.69, 9.17) is 32.5 Å². The van der Waals surface area contributed by atoms with E-state index in [-0.39, 0.29) is 41.4 Å². The van der Waals surface area contributed by atoms with Gasteiger partial charge in [-0.2, -0.15) is 0 Å². The second-order valence-electron chi connectivity index (χ2n) is 13.5. The Morgan fingerprint density at radius 1 is 0.439 bits per heavy atom. The summed E-state index contributed by atoms with van der Waals surface area (Å²) >= 11 is -0.0101. The maximum absolute atomic E-state index is 14.9. The van der Waals surface area contributed by atoms with Gasteiger partial charge in [-0.05, 0) is 0 Å². The van der Waals surface area contributed by atoms with Crippen molar-refractivity contribution in [1.29, 1.82) is 0 Å². The number of rotatable bonds is 20. The molecule has 1 fully saturated rings. The number of phosphoric ester groups is 1. The number of ether oxygens (including phenoxy) is 4. The van der Waals surface area contributed by atoms with E-state index in [0.717, 1.165) is 27.8 Å². The Labute approximate surface area is 341 Å². The summed E-state index contributed by atoms with van der Waals surface area (Å²) in [5.74, 6) is 0. The van der Waals surface area contributed by atoms with Gasteiger partial charge in [0.25, 0.3) is 0 Å². The van der Waals surface area contributed by atoms with Crippen molar-refractivity contribution in [3.05, 3.63) is 210 Å². The Hall–Kier alpha value is -4.21. The molecule has 0 saturated carbocycles. The molecule has 6 aromatic rings. The summed E-state index contributed by atoms with van der Waals surface area (Å²) in [7, 11) is -4.34. The van der Waals surface area contributed by atoms with Crippen LogP contribution < -0.4 is 4.46 Å². The Morgan fingerprint density at radius 3 is 1.21 bits per heavy atom. The van der Waals surface area contributed by atoms with Crippen LogP contribution >= 0.6 is 7.82 Å². The zero-order valence-electron chi connectivity index (χ0n) is 31.6. The molecule has 294 valence electrons. The summed E-state index contributed by atoms with van der Waals surface area (Å²) in [5.41, 5.74) is 4.57. The predicted octanol–water partition coefficient (Wildman–Crippen LogP) is 9.47. The van der Waals surface area contributed by atoms with Gasteiger partial charge in [0, 0.05) is 0 Å². The van der Waals surface area contributed by atoms with Crippen molar-refractivity contribution in [2.45, 2.75) is 69.1 Å². The molecule has 1 aliphatic heterocycles. The summed E-state index contributed by atoms with van der Waals surface area (Å²) in [6.07, 6.45) is -3.98. The topological polar surface area (TPSA) is 81.7 Å². The zero-order valence-corrected chi connectivity index (χ0v) is 34.2. The molecule has 0 unspecified atom stereocenters. The fraction of sp³-hybridized carbons (Fsp3) is 0.234. The van der Waals surface area contributed by atoms with Gasteiger partial charge in [-0.25, -0.2) is 0 Å². The van der Waals surface area contributed by atoms with Gasteiger partial charge in [0.15, 0.2) is 0 Å². The van der Waals surface area contributed by atoms with Crippen molar-refractivity contribution in [2.24, 2.45) is 0 Å². The van der Waals surface area contributed by atoms with Crippen molar-refractivity contribution >= 4 is 27.2 Å². The molecule has 0 aromatic heterocycles. The molecule has 1 aliphatic rings. The maximum atomic E-state index is 14.9. The minimum absolute atomic E-state index is 0.00748. The summed E-state index contributed by atoms with van der Waals surface area (Å²) < 4.78 is 62.3. The first-order chi connectivity index (χ1) is 28.1. The molecule has 57 heavy (non-hydrogen) atoms. The zero-order chi connectivity index (χ0) is 39.0. The average molecular weight is 850 g/mol. The van der Waals surface area contributed by atoms with Crippen molar-refractivity contribution in [2.75, 3.05) is 0 Å². The van der Waals surface area contributed by atoms with E-state index in [9.17, 15) is 4.57 Å². The summed E-state index contributed by atoms with van der Waals surface area (Å²) in [4.78, 5) is 0. The molecule has 10 heteroatoms. The summed E-state index contributed by atoms with van der Waals surface area (Å²) in [6.45, 7) is 0.797. The van der Waals surface area contributed by atoms with Gasteiger partial charge in [0.05, 0.1) is 0 Å². The van der Waals surface area contributed by atoms with Crippen molar-refractivity contribution in [3.63, 3.8) is 0 Å². The first-order valence-electron chi connectivity index (χ1n) is 19.1. The van der Waals surface area contributed by atoms with Crippen molar-refractivity contribution in [3.8, 4) is 0 Å². The molecule has 0 amide bonds. The first-order valence-corrected chi connectivity index (χ1v) is 22.6. The monoisotopic (exact) mass is 850 g/mol. The molecule has 0 aliphatic carbocycles. The molecular weight excluding hydrogens is 802 g/mol. The number of benzene rings is 6. The molecule has 1 heterocycles. The van der Waals surface area contributed by atoms with E-state index in [1.165, 1.54) is 4.46 Å². The van der Waals surface area contributed by atoms with Crippen molar-refractivity contribution in [1.82, 2.24) is 0 Å². The molecule has 1 saturated heterocycles. The average Bonchev–Trinajstić information content (AvgIpc) is 3.27. The van der Waals surface area contributed by atoms with Crippen LogP contribution in [0.4, 0.5) is 0 Å². The Balaban J connectivity index is 1.24. The third kappa shape index (κ3) is 12.6. The van der Waals surface area contributed by atoms with E-state index in [1.807, 2.05) is 170 Å². The molecule has 0 bridgehead atoms. The number of phosphoric acid groups is 1. The third-order valence-electron chi connectivity index (χ3n) is 9.30. The molecule has 7 rings (SSSR count). The van der Waals surface area contributed by atoms with Gasteiger partial charge in [-0.3, -0.25) is 0 Å². The van der Waals surface area contributed by atoms with Crippen LogP contribution in [0.3, 0.4) is 0 Å². The second kappa shape index (κ2) is 21.5. The van der Waals surface area contributed by atoms with Crippen molar-refractivity contribution < 1.29 is 37.1 Å². The fourth-order valence-electron chi connectivity index (χ4n) is 6.34. The van der Waals surface area contributed by atoms with Gasteiger partial charge >= 0.3 is 343 Å². The summed E-state index contributed by atoms with van der Waals surface area (Å²) in [5, 5.41) is 0.618. The van der Waals surface area contributed by atoms with E-state index in [1.54, 1.807) is 0 Å². The van der Waals surface area contributed by atoms with Crippen LogP contribution in [0.1, 0.15) is 27.8 Å². The molecule has 0 spiro atoms. The first kappa shape index (κ1) is 41.0. The van der Waals surface area contributed by atoms with Crippen LogP contribution in [-0.4, -0.2) is 45.7 Å².